The van der Waals surface area contributed by atoms with Gasteiger partial charge in [-0.05, 0) is 41.4 Å². The van der Waals surface area contributed by atoms with Gasteiger partial charge in [0.05, 0.1) is 17.9 Å². The molecule has 15 heavy (non-hydrogen) atoms. The molecule has 0 saturated carbocycles. The van der Waals surface area contributed by atoms with Crippen LogP contribution in [0, 0.1) is 0 Å². The minimum Gasteiger partial charge on any atom is -0.397 e. The van der Waals surface area contributed by atoms with Gasteiger partial charge in [-0.3, -0.25) is 0 Å². The Morgan fingerprint density at radius 3 is 2.87 bits per heavy atom. The van der Waals surface area contributed by atoms with Gasteiger partial charge >= 0.3 is 0 Å². The number of anilines is 2. The maximum Gasteiger partial charge on any atom is 0.126 e. The standard InChI is InChI=1S/C11H13N3S/c1-8(9-4-5-15-7-9)14-11-3-2-10(12)6-13-11/h2-8H,12H2,1H3,(H,13,14). The van der Waals surface area contributed by atoms with Crippen molar-refractivity contribution in [1.82, 2.24) is 4.98 Å². The molecule has 1 unspecified atom stereocenters. The number of nitrogens with two attached hydrogens (primary N) is 1. The molecule has 0 radical (unpaired) electrons. The molecule has 0 spiro atoms. The van der Waals surface area contributed by atoms with E-state index in [9.17, 15) is 0 Å². The first-order valence-electron chi connectivity index (χ1n) is 4.76. The van der Waals surface area contributed by atoms with Gasteiger partial charge in [0, 0.05) is 0 Å². The van der Waals surface area contributed by atoms with Gasteiger partial charge in [-0.15, -0.1) is 0 Å². The molecule has 2 rings (SSSR count). The van der Waals surface area contributed by atoms with E-state index in [1.807, 2.05) is 12.1 Å². The first-order chi connectivity index (χ1) is 7.25. The van der Waals surface area contributed by atoms with Crippen LogP contribution in [0.1, 0.15) is 18.5 Å². The van der Waals surface area contributed by atoms with E-state index < -0.39 is 0 Å². The Morgan fingerprint density at radius 1 is 1.40 bits per heavy atom. The molecular weight excluding hydrogens is 206 g/mol. The summed E-state index contributed by atoms with van der Waals surface area (Å²) in [4.78, 5) is 4.20. The molecule has 78 valence electrons. The number of nitrogens with one attached hydrogen (secondary N) is 1. The molecule has 3 nitrogen and oxygen atoms in total. The predicted molar refractivity (Wildman–Crippen MR) is 65.0 cm³/mol. The molecule has 2 aromatic rings. The number of hydrogen-bond acceptors (Lipinski definition) is 4. The third-order valence-corrected chi connectivity index (χ3v) is 2.90. The van der Waals surface area contributed by atoms with E-state index in [1.165, 1.54) is 5.56 Å². The highest BCUT2D eigenvalue weighted by Crippen LogP contribution is 2.20. The third-order valence-electron chi connectivity index (χ3n) is 2.19. The van der Waals surface area contributed by atoms with Crippen molar-refractivity contribution in [2.24, 2.45) is 0 Å². The lowest BCUT2D eigenvalue weighted by atomic mass is 10.2. The topological polar surface area (TPSA) is 50.9 Å². The molecule has 0 aliphatic heterocycles. The zero-order chi connectivity index (χ0) is 10.7. The average molecular weight is 219 g/mol. The zero-order valence-electron chi connectivity index (χ0n) is 8.47. The molecule has 0 fully saturated rings. The summed E-state index contributed by atoms with van der Waals surface area (Å²) < 4.78 is 0. The van der Waals surface area contributed by atoms with Gasteiger partial charge in [0.2, 0.25) is 0 Å². The summed E-state index contributed by atoms with van der Waals surface area (Å²) in [6.07, 6.45) is 1.66. The smallest absolute Gasteiger partial charge is 0.126 e. The highest BCUT2D eigenvalue weighted by Gasteiger charge is 2.05. The van der Waals surface area contributed by atoms with Crippen LogP contribution < -0.4 is 11.1 Å². The predicted octanol–water partition coefficient (Wildman–Crippen LogP) is 2.90. The number of nitrogens with zero attached hydrogens (tertiary/aromatic N) is 1. The summed E-state index contributed by atoms with van der Waals surface area (Å²) >= 11 is 1.70. The highest BCUT2D eigenvalue weighted by atomic mass is 32.1. The molecular formula is C11H13N3S. The van der Waals surface area contributed by atoms with Gasteiger partial charge in [-0.2, -0.15) is 11.3 Å². The minimum atomic E-state index is 0.271. The maximum atomic E-state index is 5.56. The largest absolute Gasteiger partial charge is 0.397 e. The first kappa shape index (κ1) is 9.98. The second-order valence-electron chi connectivity index (χ2n) is 3.40. The van der Waals surface area contributed by atoms with Gasteiger partial charge in [-0.25, -0.2) is 4.98 Å². The summed E-state index contributed by atoms with van der Waals surface area (Å²) in [6, 6.07) is 6.11. The van der Waals surface area contributed by atoms with Crippen LogP contribution in [-0.4, -0.2) is 4.98 Å². The molecule has 3 N–H and O–H groups in total. The van der Waals surface area contributed by atoms with Crippen molar-refractivity contribution >= 4 is 22.8 Å². The summed E-state index contributed by atoms with van der Waals surface area (Å²) in [5.41, 5.74) is 7.52. The third kappa shape index (κ3) is 2.47. The Balaban J connectivity index is 2.06. The van der Waals surface area contributed by atoms with E-state index in [2.05, 4.69) is 34.1 Å². The zero-order valence-corrected chi connectivity index (χ0v) is 9.29. The fourth-order valence-electron chi connectivity index (χ4n) is 1.32. The summed E-state index contributed by atoms with van der Waals surface area (Å²) in [6.45, 7) is 2.11. The van der Waals surface area contributed by atoms with Crippen molar-refractivity contribution in [2.45, 2.75) is 13.0 Å². The fourth-order valence-corrected chi connectivity index (χ4v) is 2.07. The van der Waals surface area contributed by atoms with Crippen molar-refractivity contribution in [1.29, 1.82) is 0 Å². The van der Waals surface area contributed by atoms with E-state index >= 15 is 0 Å². The van der Waals surface area contributed by atoms with Gasteiger partial charge < -0.3 is 11.1 Å². The van der Waals surface area contributed by atoms with Gasteiger partial charge in [0.25, 0.3) is 0 Å². The van der Waals surface area contributed by atoms with Crippen LogP contribution in [0.4, 0.5) is 11.5 Å². The molecule has 2 heterocycles. The molecule has 0 aromatic carbocycles. The van der Waals surface area contributed by atoms with Crippen LogP contribution in [-0.2, 0) is 0 Å². The number of hydrogen-bond donors (Lipinski definition) is 2. The van der Waals surface area contributed by atoms with Crippen LogP contribution >= 0.6 is 11.3 Å². The van der Waals surface area contributed by atoms with Crippen LogP contribution in [0.15, 0.2) is 35.2 Å². The molecule has 0 bridgehead atoms. The molecule has 0 amide bonds. The Morgan fingerprint density at radius 2 is 2.27 bits per heavy atom. The molecule has 2 aromatic heterocycles. The van der Waals surface area contributed by atoms with Gasteiger partial charge in [0.15, 0.2) is 0 Å². The molecule has 0 aliphatic rings. The van der Waals surface area contributed by atoms with E-state index in [0.29, 0.717) is 5.69 Å². The van der Waals surface area contributed by atoms with Crippen molar-refractivity contribution in [2.75, 3.05) is 11.1 Å². The Hall–Kier alpha value is -1.55. The van der Waals surface area contributed by atoms with Crippen molar-refractivity contribution in [3.63, 3.8) is 0 Å². The number of aromatic nitrogens is 1. The molecule has 0 aliphatic carbocycles. The van der Waals surface area contributed by atoms with Crippen molar-refractivity contribution < 1.29 is 0 Å². The quantitative estimate of drug-likeness (QED) is 0.834. The lowest BCUT2D eigenvalue weighted by Gasteiger charge is -2.12. The maximum absolute atomic E-state index is 5.56. The van der Waals surface area contributed by atoms with E-state index in [4.69, 9.17) is 5.73 Å². The Bertz CT molecular complexity index is 408. The summed E-state index contributed by atoms with van der Waals surface area (Å²) in [5, 5.41) is 7.52. The number of pyridine rings is 1. The molecule has 1 atom stereocenters. The number of thiophene rings is 1. The second-order valence-corrected chi connectivity index (χ2v) is 4.18. The van der Waals surface area contributed by atoms with Crippen LogP contribution in [0.2, 0.25) is 0 Å². The minimum absolute atomic E-state index is 0.271. The lowest BCUT2D eigenvalue weighted by molar-refractivity contribution is 0.880. The summed E-state index contributed by atoms with van der Waals surface area (Å²) in [7, 11) is 0. The fraction of sp³-hybridized carbons (Fsp3) is 0.182. The van der Waals surface area contributed by atoms with Gasteiger partial charge in [0.1, 0.15) is 5.82 Å². The second kappa shape index (κ2) is 4.31. The Kier molecular flexibility index (Phi) is 2.87. The van der Waals surface area contributed by atoms with Crippen molar-refractivity contribution in [3.05, 3.63) is 40.7 Å². The Labute approximate surface area is 93.0 Å². The molecule has 4 heteroatoms. The van der Waals surface area contributed by atoms with Crippen LogP contribution in [0.25, 0.3) is 0 Å². The normalized spacial score (nSPS) is 12.3. The number of nitrogen functional groups attached to an aromatic ring is 1. The number of rotatable bonds is 3. The molecule has 0 saturated heterocycles. The van der Waals surface area contributed by atoms with E-state index in [0.717, 1.165) is 5.82 Å². The van der Waals surface area contributed by atoms with Crippen LogP contribution in [0.3, 0.4) is 0 Å². The monoisotopic (exact) mass is 219 g/mol. The van der Waals surface area contributed by atoms with Gasteiger partial charge in [-0.1, -0.05) is 0 Å². The SMILES string of the molecule is CC(Nc1ccc(N)cn1)c1ccsc1. The van der Waals surface area contributed by atoms with Crippen LogP contribution in [0.5, 0.6) is 0 Å². The summed E-state index contributed by atoms with van der Waals surface area (Å²) in [5.74, 6) is 0.850. The highest BCUT2D eigenvalue weighted by molar-refractivity contribution is 7.07. The van der Waals surface area contributed by atoms with E-state index in [1.54, 1.807) is 17.5 Å². The lowest BCUT2D eigenvalue weighted by Crippen LogP contribution is -2.06. The van der Waals surface area contributed by atoms with Crippen molar-refractivity contribution in [3.8, 4) is 0 Å². The van der Waals surface area contributed by atoms with E-state index in [-0.39, 0.29) is 6.04 Å². The average Bonchev–Trinajstić information content (AvgIpc) is 2.74. The first-order valence-corrected chi connectivity index (χ1v) is 5.70.